The minimum Gasteiger partial charge on any atom is -0.490 e. The van der Waals surface area contributed by atoms with E-state index in [1.54, 1.807) is 23.1 Å². The second-order valence-corrected chi connectivity index (χ2v) is 10.3. The number of imide groups is 1. The van der Waals surface area contributed by atoms with E-state index in [1.807, 2.05) is 18.2 Å². The predicted molar refractivity (Wildman–Crippen MR) is 137 cm³/mol. The van der Waals surface area contributed by atoms with Crippen LogP contribution >= 0.6 is 0 Å². The molecule has 1 saturated carbocycles. The third kappa shape index (κ3) is 5.55. The summed E-state index contributed by atoms with van der Waals surface area (Å²) in [7, 11) is 0. The highest BCUT2D eigenvalue weighted by Gasteiger charge is 2.39. The fourth-order valence-electron chi connectivity index (χ4n) is 5.44. The number of carbonyl (C=O) groups excluding carboxylic acids is 3. The van der Waals surface area contributed by atoms with E-state index in [2.05, 4.69) is 10.6 Å². The number of nitrogens with one attached hydrogen (secondary N) is 2. The molecule has 2 aromatic rings. The van der Waals surface area contributed by atoms with Crippen LogP contribution in [0.1, 0.15) is 77.9 Å². The van der Waals surface area contributed by atoms with E-state index >= 15 is 0 Å². The Hall–Kier alpha value is -3.77. The van der Waals surface area contributed by atoms with Crippen LogP contribution in [0.4, 0.5) is 4.39 Å². The number of fused-ring (bicyclic) bond motifs is 1. The van der Waals surface area contributed by atoms with E-state index in [-0.39, 0.29) is 42.0 Å². The van der Waals surface area contributed by atoms with Gasteiger partial charge in [-0.3, -0.25) is 19.7 Å². The van der Waals surface area contributed by atoms with Crippen LogP contribution in [0, 0.1) is 17.1 Å². The number of benzene rings is 2. The van der Waals surface area contributed by atoms with Crippen molar-refractivity contribution >= 4 is 17.7 Å². The molecule has 3 amide bonds. The van der Waals surface area contributed by atoms with Gasteiger partial charge in [-0.05, 0) is 73.6 Å². The molecule has 0 radical (unpaired) electrons. The molecule has 0 aromatic heterocycles. The Morgan fingerprint density at radius 2 is 1.79 bits per heavy atom. The topological polar surface area (TPSA) is 112 Å². The summed E-state index contributed by atoms with van der Waals surface area (Å²) in [6.45, 7) is 2.06. The number of hydrogen-bond acceptors (Lipinski definition) is 6. The summed E-state index contributed by atoms with van der Waals surface area (Å²) in [4.78, 5) is 37.6. The number of piperidine rings is 1. The normalized spacial score (nSPS) is 21.5. The van der Waals surface area contributed by atoms with Crippen LogP contribution in [0.5, 0.6) is 5.75 Å². The molecule has 2 N–H and O–H groups in total. The molecule has 3 aliphatic heterocycles. The van der Waals surface area contributed by atoms with Crippen molar-refractivity contribution in [2.75, 3.05) is 13.1 Å². The van der Waals surface area contributed by atoms with Gasteiger partial charge < -0.3 is 15.0 Å². The molecule has 1 atom stereocenters. The molecule has 2 aromatic carbocycles. The van der Waals surface area contributed by atoms with Crippen LogP contribution in [0.15, 0.2) is 36.4 Å². The summed E-state index contributed by atoms with van der Waals surface area (Å²) < 4.78 is 19.4. The molecule has 8 nitrogen and oxygen atoms in total. The molecule has 4 aliphatic rings. The molecular formula is C29H31FN4O4. The highest BCUT2D eigenvalue weighted by Crippen LogP contribution is 2.31. The number of carbonyl (C=O) groups is 3. The number of nitrogens with zero attached hydrogens (tertiary/aromatic N) is 2. The number of hydrogen-bond donors (Lipinski definition) is 2. The SMILES string of the molecule is N#Cc1ccc(C2CNC2)c(F)c1.O=C1CCC(N2Cc3cc(OC4CCCCC4)ccc3C2=O)C(=O)N1. The minimum atomic E-state index is -0.569. The molecule has 3 fully saturated rings. The Morgan fingerprint density at radius 3 is 2.45 bits per heavy atom. The average molecular weight is 519 g/mol. The van der Waals surface area contributed by atoms with Gasteiger partial charge in [0.05, 0.1) is 17.7 Å². The second kappa shape index (κ2) is 11.3. The van der Waals surface area contributed by atoms with Crippen molar-refractivity contribution in [3.05, 3.63) is 64.5 Å². The van der Waals surface area contributed by atoms with E-state index in [0.717, 1.165) is 42.8 Å². The zero-order valence-electron chi connectivity index (χ0n) is 21.2. The smallest absolute Gasteiger partial charge is 0.255 e. The van der Waals surface area contributed by atoms with Crippen LogP contribution in [0.3, 0.4) is 0 Å². The zero-order valence-corrected chi connectivity index (χ0v) is 21.2. The van der Waals surface area contributed by atoms with E-state index in [1.165, 1.54) is 25.3 Å². The van der Waals surface area contributed by atoms with Crippen molar-refractivity contribution < 1.29 is 23.5 Å². The first-order valence-corrected chi connectivity index (χ1v) is 13.3. The van der Waals surface area contributed by atoms with Crippen molar-refractivity contribution in [2.45, 2.75) is 69.6 Å². The molecule has 6 rings (SSSR count). The first-order valence-electron chi connectivity index (χ1n) is 13.3. The second-order valence-electron chi connectivity index (χ2n) is 10.3. The van der Waals surface area contributed by atoms with E-state index < -0.39 is 6.04 Å². The van der Waals surface area contributed by atoms with Crippen LogP contribution in [-0.4, -0.2) is 47.9 Å². The third-order valence-electron chi connectivity index (χ3n) is 7.70. The van der Waals surface area contributed by atoms with Gasteiger partial charge in [-0.2, -0.15) is 5.26 Å². The van der Waals surface area contributed by atoms with Gasteiger partial charge >= 0.3 is 0 Å². The van der Waals surface area contributed by atoms with E-state index in [0.29, 0.717) is 24.1 Å². The van der Waals surface area contributed by atoms with Gasteiger partial charge in [0.25, 0.3) is 5.91 Å². The lowest BCUT2D eigenvalue weighted by atomic mass is 9.92. The number of rotatable bonds is 4. The van der Waals surface area contributed by atoms with Crippen molar-refractivity contribution in [2.24, 2.45) is 0 Å². The lowest BCUT2D eigenvalue weighted by molar-refractivity contribution is -0.136. The maximum atomic E-state index is 13.3. The van der Waals surface area contributed by atoms with Crippen molar-refractivity contribution in [1.29, 1.82) is 5.26 Å². The maximum absolute atomic E-state index is 13.3. The highest BCUT2D eigenvalue weighted by atomic mass is 19.1. The minimum absolute atomic E-state index is 0.145. The maximum Gasteiger partial charge on any atom is 0.255 e. The Bertz CT molecular complexity index is 1280. The summed E-state index contributed by atoms with van der Waals surface area (Å²) in [5, 5.41) is 13.9. The van der Waals surface area contributed by atoms with Crippen molar-refractivity contribution in [3.63, 3.8) is 0 Å². The Kier molecular flexibility index (Phi) is 7.70. The number of nitriles is 1. The van der Waals surface area contributed by atoms with Gasteiger partial charge in [0.2, 0.25) is 11.8 Å². The van der Waals surface area contributed by atoms with Crippen molar-refractivity contribution in [3.8, 4) is 11.8 Å². The number of amides is 3. The fraction of sp³-hybridized carbons (Fsp3) is 0.448. The number of halogens is 1. The molecule has 2 saturated heterocycles. The Morgan fingerprint density at radius 1 is 1.00 bits per heavy atom. The van der Waals surface area contributed by atoms with Crippen LogP contribution in [0.2, 0.25) is 0 Å². The lowest BCUT2D eigenvalue weighted by Crippen LogP contribution is -2.52. The van der Waals surface area contributed by atoms with Gasteiger partial charge in [0.15, 0.2) is 0 Å². The van der Waals surface area contributed by atoms with Crippen LogP contribution < -0.4 is 15.4 Å². The Labute approximate surface area is 221 Å². The van der Waals surface area contributed by atoms with Crippen LogP contribution in [-0.2, 0) is 16.1 Å². The summed E-state index contributed by atoms with van der Waals surface area (Å²) >= 11 is 0. The fourth-order valence-corrected chi connectivity index (χ4v) is 5.44. The largest absolute Gasteiger partial charge is 0.490 e. The highest BCUT2D eigenvalue weighted by molar-refractivity contribution is 6.05. The molecule has 9 heteroatoms. The van der Waals surface area contributed by atoms with Crippen molar-refractivity contribution in [1.82, 2.24) is 15.5 Å². The first-order chi connectivity index (χ1) is 18.4. The molecular weight excluding hydrogens is 487 g/mol. The Balaban J connectivity index is 0.000000190. The molecule has 0 spiro atoms. The molecule has 1 aliphatic carbocycles. The molecule has 38 heavy (non-hydrogen) atoms. The quantitative estimate of drug-likeness (QED) is 0.599. The van der Waals surface area contributed by atoms with Gasteiger partial charge in [-0.15, -0.1) is 0 Å². The van der Waals surface area contributed by atoms with E-state index in [4.69, 9.17) is 10.00 Å². The van der Waals surface area contributed by atoms with Crippen LogP contribution in [0.25, 0.3) is 0 Å². The van der Waals surface area contributed by atoms with Gasteiger partial charge in [-0.25, -0.2) is 4.39 Å². The summed E-state index contributed by atoms with van der Waals surface area (Å²) in [5.41, 5.74) is 2.62. The molecule has 0 bridgehead atoms. The third-order valence-corrected chi connectivity index (χ3v) is 7.70. The zero-order chi connectivity index (χ0) is 26.6. The van der Waals surface area contributed by atoms with Gasteiger partial charge in [-0.1, -0.05) is 12.5 Å². The van der Waals surface area contributed by atoms with E-state index in [9.17, 15) is 18.8 Å². The summed E-state index contributed by atoms with van der Waals surface area (Å²) in [5.74, 6) is 0.0280. The molecule has 198 valence electrons. The summed E-state index contributed by atoms with van der Waals surface area (Å²) in [6, 6.07) is 11.6. The predicted octanol–water partition coefficient (Wildman–Crippen LogP) is 3.54. The molecule has 1 unspecified atom stereocenters. The molecule has 3 heterocycles. The monoisotopic (exact) mass is 518 g/mol. The number of ether oxygens (including phenoxy) is 1. The van der Waals surface area contributed by atoms with Gasteiger partial charge in [0.1, 0.15) is 17.6 Å². The lowest BCUT2D eigenvalue weighted by Gasteiger charge is -2.29. The first kappa shape index (κ1) is 25.9. The summed E-state index contributed by atoms with van der Waals surface area (Å²) in [6.07, 6.45) is 6.77. The van der Waals surface area contributed by atoms with Gasteiger partial charge in [0, 0.05) is 37.5 Å². The average Bonchev–Trinajstić information content (AvgIpc) is 3.20. The standard InChI is InChI=1S/C19H22N2O4.C10H9FN2/c22-17-9-8-16(18(23)20-17)21-11-12-10-14(6-7-15(12)19(21)24)25-13-4-2-1-3-5-13;11-10-3-7(4-12)1-2-9(10)8-5-13-6-8/h6-7,10,13,16H,1-5,8-9,11H2,(H,20,22,23);1-3,8,13H,5-6H2.